The quantitative estimate of drug-likeness (QED) is 0.679. The minimum absolute atomic E-state index is 0.0963. The highest BCUT2D eigenvalue weighted by atomic mass is 32.2. The zero-order valence-electron chi connectivity index (χ0n) is 11.1. The Bertz CT molecular complexity index is 824. The first kappa shape index (κ1) is 14.6. The lowest BCUT2D eigenvalue weighted by atomic mass is 10.2. The number of rotatable bonds is 3. The number of carbonyl (C=O) groups excluding carboxylic acids is 2. The van der Waals surface area contributed by atoms with Crippen molar-refractivity contribution < 1.29 is 14.7 Å². The highest BCUT2D eigenvalue weighted by Crippen LogP contribution is 2.27. The predicted molar refractivity (Wildman–Crippen MR) is 86.4 cm³/mol. The van der Waals surface area contributed by atoms with Gasteiger partial charge in [-0.05, 0) is 35.9 Å². The van der Waals surface area contributed by atoms with Crippen LogP contribution < -0.4 is 10.4 Å². The summed E-state index contributed by atoms with van der Waals surface area (Å²) in [5, 5.41) is 13.5. The number of hydrogen-bond donors (Lipinski definition) is 1. The van der Waals surface area contributed by atoms with Gasteiger partial charge in [0.25, 0.3) is 5.91 Å². The molecule has 0 spiro atoms. The number of nitrogens with one attached hydrogen (secondary N) is 1. The first-order chi connectivity index (χ1) is 10.5. The topological polar surface area (TPSA) is 74.2 Å². The summed E-state index contributed by atoms with van der Waals surface area (Å²) in [7, 11) is 0. The van der Waals surface area contributed by atoms with Crippen molar-refractivity contribution in [1.29, 1.82) is 0 Å². The van der Waals surface area contributed by atoms with Crippen LogP contribution in [-0.4, -0.2) is 20.8 Å². The molecule has 0 radical (unpaired) electrons. The number of nitrogens with zero attached hydrogens (tertiary/aromatic N) is 1. The molecule has 1 amide bonds. The summed E-state index contributed by atoms with van der Waals surface area (Å²) >= 11 is 6.15. The molecule has 1 aromatic carbocycles. The fourth-order valence-electron chi connectivity index (χ4n) is 2.08. The molecule has 1 saturated heterocycles. The molecule has 1 aliphatic rings. The molecular weight excluding hydrogens is 320 g/mol. The molecule has 0 saturated carbocycles. The van der Waals surface area contributed by atoms with E-state index in [1.807, 2.05) is 12.1 Å². The number of thioether (sulfide) groups is 1. The van der Waals surface area contributed by atoms with E-state index in [0.717, 1.165) is 5.69 Å². The largest absolute Gasteiger partial charge is 0.545 e. The summed E-state index contributed by atoms with van der Waals surface area (Å²) in [6.45, 7) is 0. The minimum atomic E-state index is -1.23. The van der Waals surface area contributed by atoms with E-state index in [9.17, 15) is 14.7 Å². The average molecular weight is 329 g/mol. The van der Waals surface area contributed by atoms with Crippen molar-refractivity contribution in [3.8, 4) is 5.69 Å². The second-order valence-corrected chi connectivity index (χ2v) is 6.21. The van der Waals surface area contributed by atoms with Gasteiger partial charge in [-0.25, -0.2) is 0 Å². The Morgan fingerprint density at radius 2 is 2.14 bits per heavy atom. The highest BCUT2D eigenvalue weighted by molar-refractivity contribution is 8.26. The van der Waals surface area contributed by atoms with Gasteiger partial charge in [0.1, 0.15) is 4.32 Å². The Labute approximate surface area is 135 Å². The molecule has 2 aromatic rings. The van der Waals surface area contributed by atoms with Crippen LogP contribution >= 0.6 is 24.0 Å². The summed E-state index contributed by atoms with van der Waals surface area (Å²) in [6.07, 6.45) is 3.50. The van der Waals surface area contributed by atoms with Crippen molar-refractivity contribution in [2.45, 2.75) is 0 Å². The van der Waals surface area contributed by atoms with Crippen LogP contribution in [0.15, 0.2) is 47.5 Å². The zero-order chi connectivity index (χ0) is 15.7. The number of benzene rings is 1. The molecule has 0 bridgehead atoms. The van der Waals surface area contributed by atoms with E-state index in [4.69, 9.17) is 12.2 Å². The number of hydrogen-bond acceptors (Lipinski definition) is 5. The fourth-order valence-corrected chi connectivity index (χ4v) is 3.11. The van der Waals surface area contributed by atoms with E-state index in [0.29, 0.717) is 14.9 Å². The Morgan fingerprint density at radius 1 is 1.32 bits per heavy atom. The SMILES string of the molecule is O=C1NC(=S)S/C1=C/c1cccn1-c1cccc(C(=O)[O-])c1. The van der Waals surface area contributed by atoms with Crippen molar-refractivity contribution in [2.75, 3.05) is 0 Å². The van der Waals surface area contributed by atoms with Crippen molar-refractivity contribution in [3.63, 3.8) is 0 Å². The number of aromatic carboxylic acids is 1. The minimum Gasteiger partial charge on any atom is -0.545 e. The van der Waals surface area contributed by atoms with Gasteiger partial charge >= 0.3 is 0 Å². The van der Waals surface area contributed by atoms with E-state index in [1.54, 1.807) is 29.0 Å². The van der Waals surface area contributed by atoms with Crippen LogP contribution in [0.1, 0.15) is 16.1 Å². The third-order valence-electron chi connectivity index (χ3n) is 3.06. The number of amides is 1. The molecule has 0 atom stereocenters. The summed E-state index contributed by atoms with van der Waals surface area (Å²) in [6, 6.07) is 10.1. The van der Waals surface area contributed by atoms with Gasteiger partial charge in [0.2, 0.25) is 0 Å². The molecule has 0 aliphatic carbocycles. The van der Waals surface area contributed by atoms with E-state index in [1.165, 1.54) is 23.9 Å². The monoisotopic (exact) mass is 329 g/mol. The molecule has 1 aromatic heterocycles. The van der Waals surface area contributed by atoms with Crippen LogP contribution in [0, 0.1) is 0 Å². The van der Waals surface area contributed by atoms with Gasteiger partial charge < -0.3 is 19.8 Å². The molecule has 1 N–H and O–H groups in total. The van der Waals surface area contributed by atoms with E-state index >= 15 is 0 Å². The normalized spacial score (nSPS) is 16.1. The summed E-state index contributed by atoms with van der Waals surface area (Å²) in [5.41, 5.74) is 1.52. The van der Waals surface area contributed by atoms with Crippen LogP contribution in [0.25, 0.3) is 11.8 Å². The Kier molecular flexibility index (Phi) is 3.82. The molecular formula is C15H9N2O3S2-. The number of aromatic nitrogens is 1. The number of carboxylic acid groups (broad SMARTS) is 1. The zero-order valence-corrected chi connectivity index (χ0v) is 12.7. The van der Waals surface area contributed by atoms with Crippen LogP contribution in [0.5, 0.6) is 0 Å². The number of thiocarbonyl (C=S) groups is 1. The van der Waals surface area contributed by atoms with Crippen molar-refractivity contribution in [3.05, 3.63) is 58.8 Å². The van der Waals surface area contributed by atoms with Crippen LogP contribution in [-0.2, 0) is 4.79 Å². The standard InChI is InChI=1S/C15H10N2O3S2/c18-13-12(22-15(21)16-13)8-11-5-2-6-17(11)10-4-1-3-9(7-10)14(19)20/h1-8H,(H,19,20)(H,16,18,21)/p-1/b12-8+. The highest BCUT2D eigenvalue weighted by Gasteiger charge is 2.22. The maximum atomic E-state index is 11.7. The van der Waals surface area contributed by atoms with Crippen molar-refractivity contribution in [2.24, 2.45) is 0 Å². The van der Waals surface area contributed by atoms with E-state index < -0.39 is 5.97 Å². The second kappa shape index (κ2) is 5.78. The Morgan fingerprint density at radius 3 is 2.82 bits per heavy atom. The summed E-state index contributed by atoms with van der Waals surface area (Å²) in [5.74, 6) is -1.46. The first-order valence-electron chi connectivity index (χ1n) is 6.28. The molecule has 110 valence electrons. The molecule has 0 unspecified atom stereocenters. The van der Waals surface area contributed by atoms with Gasteiger partial charge in [-0.3, -0.25) is 4.79 Å². The third-order valence-corrected chi connectivity index (χ3v) is 4.22. The first-order valence-corrected chi connectivity index (χ1v) is 7.51. The van der Waals surface area contributed by atoms with Gasteiger partial charge in [0.15, 0.2) is 0 Å². The lowest BCUT2D eigenvalue weighted by Gasteiger charge is -2.09. The second-order valence-electron chi connectivity index (χ2n) is 4.49. The molecule has 7 heteroatoms. The number of carboxylic acids is 1. The van der Waals surface area contributed by atoms with Gasteiger partial charge in [-0.15, -0.1) is 0 Å². The molecule has 22 heavy (non-hydrogen) atoms. The lowest BCUT2D eigenvalue weighted by molar-refractivity contribution is -0.255. The predicted octanol–water partition coefficient (Wildman–Crippen LogP) is 1.33. The van der Waals surface area contributed by atoms with E-state index in [-0.39, 0.29) is 11.5 Å². The van der Waals surface area contributed by atoms with Gasteiger partial charge in [0, 0.05) is 17.6 Å². The average Bonchev–Trinajstić information content (AvgIpc) is 3.06. The molecule has 2 heterocycles. The summed E-state index contributed by atoms with van der Waals surface area (Å²) < 4.78 is 2.21. The Balaban J connectivity index is 2.01. The molecule has 1 aliphatic heterocycles. The molecule has 5 nitrogen and oxygen atoms in total. The van der Waals surface area contributed by atoms with Crippen molar-refractivity contribution in [1.82, 2.24) is 9.88 Å². The number of carbonyl (C=O) groups is 2. The lowest BCUT2D eigenvalue weighted by Crippen LogP contribution is -2.22. The van der Waals surface area contributed by atoms with Crippen LogP contribution in [0.2, 0.25) is 0 Å². The maximum absolute atomic E-state index is 11.7. The Hall–Kier alpha value is -2.38. The third kappa shape index (κ3) is 2.81. The fraction of sp³-hybridized carbons (Fsp3) is 0. The van der Waals surface area contributed by atoms with E-state index in [2.05, 4.69) is 5.32 Å². The summed E-state index contributed by atoms with van der Waals surface area (Å²) in [4.78, 5) is 23.2. The smallest absolute Gasteiger partial charge is 0.263 e. The van der Waals surface area contributed by atoms with Crippen LogP contribution in [0.4, 0.5) is 0 Å². The van der Waals surface area contributed by atoms with Crippen molar-refractivity contribution >= 4 is 46.3 Å². The van der Waals surface area contributed by atoms with Gasteiger partial charge in [0.05, 0.1) is 10.9 Å². The van der Waals surface area contributed by atoms with Gasteiger partial charge in [-0.2, -0.15) is 0 Å². The van der Waals surface area contributed by atoms with Gasteiger partial charge in [-0.1, -0.05) is 36.1 Å². The molecule has 1 fully saturated rings. The van der Waals surface area contributed by atoms with Crippen LogP contribution in [0.3, 0.4) is 0 Å². The maximum Gasteiger partial charge on any atom is 0.263 e. The molecule has 3 rings (SSSR count).